The Kier molecular flexibility index (Phi) is 5.78. The van der Waals surface area contributed by atoms with Crippen molar-refractivity contribution in [3.05, 3.63) is 36.4 Å². The molecule has 2 nitrogen and oxygen atoms in total. The predicted octanol–water partition coefficient (Wildman–Crippen LogP) is 4.26. The molecule has 0 saturated carbocycles. The zero-order valence-electron chi connectivity index (χ0n) is 11.0. The van der Waals surface area contributed by atoms with Crippen molar-refractivity contribution >= 4 is 5.57 Å². The van der Waals surface area contributed by atoms with E-state index in [2.05, 4.69) is 13.5 Å². The Hall–Kier alpha value is -1.28. The zero-order valence-corrected chi connectivity index (χ0v) is 11.0. The molecule has 0 aliphatic carbocycles. The fourth-order valence-electron chi connectivity index (χ4n) is 1.57. The van der Waals surface area contributed by atoms with E-state index in [4.69, 9.17) is 9.47 Å². The number of benzene rings is 1. The molecular formula is C15H22O2. The monoisotopic (exact) mass is 234 g/mol. The maximum Gasteiger partial charge on any atom is 0.199 e. The first-order valence-corrected chi connectivity index (χ1v) is 6.12. The second kappa shape index (κ2) is 7.13. The van der Waals surface area contributed by atoms with E-state index in [9.17, 15) is 0 Å². The summed E-state index contributed by atoms with van der Waals surface area (Å²) in [6, 6.07) is 7.96. The highest BCUT2D eigenvalue weighted by Gasteiger charge is 2.08. The summed E-state index contributed by atoms with van der Waals surface area (Å²) in [5, 5.41) is 0. The number of unbranched alkanes of at least 4 members (excludes halogenated alkanes) is 1. The molecule has 1 rings (SSSR count). The average Bonchev–Trinajstić information content (AvgIpc) is 2.35. The minimum absolute atomic E-state index is 0.148. The van der Waals surface area contributed by atoms with E-state index in [0.29, 0.717) is 0 Å². The molecule has 1 atom stereocenters. The molecule has 1 aromatic carbocycles. The number of hydrogen-bond acceptors (Lipinski definition) is 2. The van der Waals surface area contributed by atoms with Gasteiger partial charge in [-0.25, -0.2) is 0 Å². The van der Waals surface area contributed by atoms with Gasteiger partial charge in [-0.1, -0.05) is 37.6 Å². The highest BCUT2D eigenvalue weighted by Crippen LogP contribution is 2.19. The van der Waals surface area contributed by atoms with Crippen LogP contribution in [0.15, 0.2) is 30.8 Å². The molecule has 0 spiro atoms. The van der Waals surface area contributed by atoms with E-state index in [1.165, 1.54) is 0 Å². The van der Waals surface area contributed by atoms with Crippen molar-refractivity contribution in [3.8, 4) is 5.75 Å². The number of allylic oxidation sites excluding steroid dienone is 1. The molecule has 0 aromatic heterocycles. The summed E-state index contributed by atoms with van der Waals surface area (Å²) in [5.74, 6) is 0.845. The van der Waals surface area contributed by atoms with Crippen LogP contribution in [0.2, 0.25) is 0 Å². The van der Waals surface area contributed by atoms with Crippen LogP contribution in [0.5, 0.6) is 5.75 Å². The van der Waals surface area contributed by atoms with E-state index < -0.39 is 0 Å². The SMILES string of the molecule is C=C(C)c1ccc(OC(CCCC)OC)cc1. The molecule has 0 heterocycles. The first kappa shape index (κ1) is 13.8. The quantitative estimate of drug-likeness (QED) is 0.656. The van der Waals surface area contributed by atoms with Crippen LogP contribution in [0.25, 0.3) is 5.57 Å². The van der Waals surface area contributed by atoms with E-state index >= 15 is 0 Å². The van der Waals surface area contributed by atoms with Crippen LogP contribution in [-0.2, 0) is 4.74 Å². The summed E-state index contributed by atoms with van der Waals surface area (Å²) >= 11 is 0. The van der Waals surface area contributed by atoms with Crippen LogP contribution >= 0.6 is 0 Å². The zero-order chi connectivity index (χ0) is 12.7. The predicted molar refractivity (Wildman–Crippen MR) is 72.1 cm³/mol. The van der Waals surface area contributed by atoms with Crippen LogP contribution in [0.4, 0.5) is 0 Å². The van der Waals surface area contributed by atoms with Crippen LogP contribution in [0, 0.1) is 0 Å². The summed E-state index contributed by atoms with van der Waals surface area (Å²) in [7, 11) is 1.68. The van der Waals surface area contributed by atoms with Gasteiger partial charge in [0, 0.05) is 13.5 Å². The lowest BCUT2D eigenvalue weighted by atomic mass is 10.1. The molecule has 0 aliphatic rings. The summed E-state index contributed by atoms with van der Waals surface area (Å²) in [6.45, 7) is 8.06. The van der Waals surface area contributed by atoms with Crippen molar-refractivity contribution < 1.29 is 9.47 Å². The van der Waals surface area contributed by atoms with Crippen molar-refractivity contribution in [1.29, 1.82) is 0 Å². The van der Waals surface area contributed by atoms with E-state index in [0.717, 1.165) is 36.1 Å². The standard InChI is InChI=1S/C15H22O2/c1-5-6-7-15(16-4)17-14-10-8-13(9-11-14)12(2)3/h8-11,15H,2,5-7H2,1,3-4H3. The van der Waals surface area contributed by atoms with Crippen molar-refractivity contribution in [2.75, 3.05) is 7.11 Å². The van der Waals surface area contributed by atoms with Crippen LogP contribution in [0.1, 0.15) is 38.7 Å². The lowest BCUT2D eigenvalue weighted by molar-refractivity contribution is -0.0592. The molecule has 0 radical (unpaired) electrons. The van der Waals surface area contributed by atoms with Crippen LogP contribution in [-0.4, -0.2) is 13.4 Å². The fourth-order valence-corrected chi connectivity index (χ4v) is 1.57. The number of ether oxygens (including phenoxy) is 2. The van der Waals surface area contributed by atoms with Gasteiger partial charge in [-0.3, -0.25) is 0 Å². The molecule has 2 heteroatoms. The van der Waals surface area contributed by atoms with Gasteiger partial charge in [0.15, 0.2) is 6.29 Å². The highest BCUT2D eigenvalue weighted by atomic mass is 16.7. The van der Waals surface area contributed by atoms with Gasteiger partial charge in [-0.05, 0) is 31.0 Å². The Morgan fingerprint density at radius 3 is 2.41 bits per heavy atom. The van der Waals surface area contributed by atoms with E-state index in [1.54, 1.807) is 7.11 Å². The second-order valence-corrected chi connectivity index (χ2v) is 4.23. The minimum atomic E-state index is -0.148. The summed E-state index contributed by atoms with van der Waals surface area (Å²) in [6.07, 6.45) is 3.04. The minimum Gasteiger partial charge on any atom is -0.465 e. The van der Waals surface area contributed by atoms with E-state index in [-0.39, 0.29) is 6.29 Å². The summed E-state index contributed by atoms with van der Waals surface area (Å²) < 4.78 is 11.0. The van der Waals surface area contributed by atoms with Gasteiger partial charge in [-0.15, -0.1) is 0 Å². The van der Waals surface area contributed by atoms with Gasteiger partial charge in [0.1, 0.15) is 5.75 Å². The normalized spacial score (nSPS) is 12.2. The molecule has 0 N–H and O–H groups in total. The largest absolute Gasteiger partial charge is 0.465 e. The molecule has 0 bridgehead atoms. The van der Waals surface area contributed by atoms with E-state index in [1.807, 2.05) is 31.2 Å². The van der Waals surface area contributed by atoms with Gasteiger partial charge in [-0.2, -0.15) is 0 Å². The molecule has 0 saturated heterocycles. The molecule has 1 unspecified atom stereocenters. The average molecular weight is 234 g/mol. The fraction of sp³-hybridized carbons (Fsp3) is 0.467. The Balaban J connectivity index is 2.57. The molecule has 94 valence electrons. The second-order valence-electron chi connectivity index (χ2n) is 4.23. The van der Waals surface area contributed by atoms with Gasteiger partial charge in [0.2, 0.25) is 0 Å². The smallest absolute Gasteiger partial charge is 0.199 e. The highest BCUT2D eigenvalue weighted by molar-refractivity contribution is 5.61. The maximum absolute atomic E-state index is 5.75. The number of methoxy groups -OCH3 is 1. The number of rotatable bonds is 7. The Bertz CT molecular complexity index is 340. The molecule has 0 fully saturated rings. The summed E-state index contributed by atoms with van der Waals surface area (Å²) in [5.41, 5.74) is 2.20. The maximum atomic E-state index is 5.75. The van der Waals surface area contributed by atoms with Gasteiger partial charge in [0.05, 0.1) is 0 Å². The van der Waals surface area contributed by atoms with Crippen molar-refractivity contribution in [2.45, 2.75) is 39.4 Å². The van der Waals surface area contributed by atoms with Gasteiger partial charge in [0.25, 0.3) is 0 Å². The third-order valence-corrected chi connectivity index (χ3v) is 2.67. The Labute approximate surface area is 104 Å². The van der Waals surface area contributed by atoms with Crippen molar-refractivity contribution in [1.82, 2.24) is 0 Å². The molecule has 0 aliphatic heterocycles. The Morgan fingerprint density at radius 2 is 1.94 bits per heavy atom. The topological polar surface area (TPSA) is 18.5 Å². The molecule has 1 aromatic rings. The third-order valence-electron chi connectivity index (χ3n) is 2.67. The van der Waals surface area contributed by atoms with Crippen LogP contribution in [0.3, 0.4) is 0 Å². The lowest BCUT2D eigenvalue weighted by Gasteiger charge is -2.17. The third kappa shape index (κ3) is 4.61. The van der Waals surface area contributed by atoms with Crippen molar-refractivity contribution in [2.24, 2.45) is 0 Å². The number of hydrogen-bond donors (Lipinski definition) is 0. The first-order chi connectivity index (χ1) is 8.17. The molecule has 17 heavy (non-hydrogen) atoms. The lowest BCUT2D eigenvalue weighted by Crippen LogP contribution is -2.18. The van der Waals surface area contributed by atoms with Crippen molar-refractivity contribution in [3.63, 3.8) is 0 Å². The Morgan fingerprint density at radius 1 is 1.29 bits per heavy atom. The van der Waals surface area contributed by atoms with Gasteiger partial charge < -0.3 is 9.47 Å². The van der Waals surface area contributed by atoms with Crippen LogP contribution < -0.4 is 4.74 Å². The first-order valence-electron chi connectivity index (χ1n) is 6.12. The molecular weight excluding hydrogens is 212 g/mol. The summed E-state index contributed by atoms with van der Waals surface area (Å²) in [4.78, 5) is 0. The van der Waals surface area contributed by atoms with Gasteiger partial charge >= 0.3 is 0 Å². The molecule has 0 amide bonds.